The molecule has 0 aliphatic carbocycles. The highest BCUT2D eigenvalue weighted by molar-refractivity contribution is 5.49. The number of nitrogens with zero attached hydrogens (tertiary/aromatic N) is 1. The summed E-state index contributed by atoms with van der Waals surface area (Å²) in [6.07, 6.45) is 0. The fraction of sp³-hybridized carbons (Fsp3) is 0.200. The molecule has 110 valence electrons. The van der Waals surface area contributed by atoms with Crippen LogP contribution in [-0.4, -0.2) is 12.0 Å². The van der Waals surface area contributed by atoms with Gasteiger partial charge in [0.2, 0.25) is 0 Å². The van der Waals surface area contributed by atoms with E-state index in [9.17, 15) is 10.1 Å². The molecule has 21 heavy (non-hydrogen) atoms. The summed E-state index contributed by atoms with van der Waals surface area (Å²) < 4.78 is 11.1. The molecule has 0 aliphatic heterocycles. The number of hydrogen-bond acceptors (Lipinski definition) is 5. The van der Waals surface area contributed by atoms with E-state index in [4.69, 9.17) is 15.2 Å². The van der Waals surface area contributed by atoms with E-state index in [1.54, 1.807) is 37.4 Å². The molecular weight excluding hydrogens is 272 g/mol. The largest absolute Gasteiger partial charge is 0.496 e. The lowest BCUT2D eigenvalue weighted by Crippen LogP contribution is -2.08. The Balaban J connectivity index is 2.33. The first kappa shape index (κ1) is 14.8. The van der Waals surface area contributed by atoms with Gasteiger partial charge in [0.1, 0.15) is 17.2 Å². The predicted octanol–water partition coefficient (Wildman–Crippen LogP) is 3.42. The molecule has 0 amide bonds. The summed E-state index contributed by atoms with van der Waals surface area (Å²) in [6.45, 7) is 1.83. The van der Waals surface area contributed by atoms with Gasteiger partial charge in [-0.3, -0.25) is 10.1 Å². The fourth-order valence-electron chi connectivity index (χ4n) is 2.00. The average molecular weight is 288 g/mol. The Kier molecular flexibility index (Phi) is 4.39. The molecule has 0 bridgehead atoms. The lowest BCUT2D eigenvalue weighted by molar-refractivity contribution is -0.384. The van der Waals surface area contributed by atoms with Gasteiger partial charge in [0.05, 0.1) is 17.6 Å². The highest BCUT2D eigenvalue weighted by atomic mass is 16.6. The first-order chi connectivity index (χ1) is 10.0. The van der Waals surface area contributed by atoms with Gasteiger partial charge in [0.15, 0.2) is 0 Å². The molecule has 0 radical (unpaired) electrons. The highest BCUT2D eigenvalue weighted by Crippen LogP contribution is 2.35. The predicted molar refractivity (Wildman–Crippen MR) is 78.8 cm³/mol. The van der Waals surface area contributed by atoms with Crippen LogP contribution in [0.1, 0.15) is 18.5 Å². The van der Waals surface area contributed by atoms with Crippen molar-refractivity contribution >= 4 is 5.69 Å². The molecular formula is C15H16N2O4. The zero-order valence-electron chi connectivity index (χ0n) is 11.8. The summed E-state index contributed by atoms with van der Waals surface area (Å²) in [4.78, 5) is 10.2. The van der Waals surface area contributed by atoms with Crippen LogP contribution < -0.4 is 15.2 Å². The van der Waals surface area contributed by atoms with Gasteiger partial charge in [-0.1, -0.05) is 6.07 Å². The Morgan fingerprint density at radius 2 is 1.76 bits per heavy atom. The minimum atomic E-state index is -0.456. The number of ether oxygens (including phenoxy) is 2. The SMILES string of the molecule is COc1cccc(Oc2ccc([N+](=O)[O-])cc2)c1C(C)N. The second-order valence-corrected chi connectivity index (χ2v) is 4.51. The monoisotopic (exact) mass is 288 g/mol. The Hall–Kier alpha value is -2.60. The van der Waals surface area contributed by atoms with Gasteiger partial charge in [-0.15, -0.1) is 0 Å². The molecule has 0 aliphatic rings. The molecule has 0 aromatic heterocycles. The van der Waals surface area contributed by atoms with Crippen molar-refractivity contribution in [1.82, 2.24) is 0 Å². The summed E-state index contributed by atoms with van der Waals surface area (Å²) in [7, 11) is 1.57. The molecule has 0 saturated carbocycles. The smallest absolute Gasteiger partial charge is 0.269 e. The second kappa shape index (κ2) is 6.23. The van der Waals surface area contributed by atoms with Crippen molar-refractivity contribution in [2.75, 3.05) is 7.11 Å². The van der Waals surface area contributed by atoms with Gasteiger partial charge in [-0.05, 0) is 31.2 Å². The molecule has 2 aromatic rings. The van der Waals surface area contributed by atoms with Crippen LogP contribution in [0.15, 0.2) is 42.5 Å². The van der Waals surface area contributed by atoms with Crippen LogP contribution in [0.2, 0.25) is 0 Å². The molecule has 0 fully saturated rings. The molecule has 1 unspecified atom stereocenters. The van der Waals surface area contributed by atoms with Crippen LogP contribution in [0.5, 0.6) is 17.2 Å². The number of rotatable bonds is 5. The molecule has 2 rings (SSSR count). The number of nitro groups is 1. The zero-order valence-corrected chi connectivity index (χ0v) is 11.8. The third-order valence-corrected chi connectivity index (χ3v) is 2.98. The van der Waals surface area contributed by atoms with E-state index >= 15 is 0 Å². The third-order valence-electron chi connectivity index (χ3n) is 2.98. The molecule has 6 nitrogen and oxygen atoms in total. The number of nitro benzene ring substituents is 1. The normalized spacial score (nSPS) is 11.8. The van der Waals surface area contributed by atoms with E-state index < -0.39 is 4.92 Å². The standard InChI is InChI=1S/C15H16N2O4/c1-10(16)15-13(20-2)4-3-5-14(15)21-12-8-6-11(7-9-12)17(18)19/h3-10H,16H2,1-2H3. The molecule has 1 atom stereocenters. The summed E-state index contributed by atoms with van der Waals surface area (Å²) in [5.74, 6) is 1.71. The van der Waals surface area contributed by atoms with Gasteiger partial charge in [-0.2, -0.15) is 0 Å². The van der Waals surface area contributed by atoms with Crippen molar-refractivity contribution in [3.63, 3.8) is 0 Å². The van der Waals surface area contributed by atoms with Crippen LogP contribution in [0, 0.1) is 10.1 Å². The lowest BCUT2D eigenvalue weighted by Gasteiger charge is -2.17. The molecule has 0 heterocycles. The Morgan fingerprint density at radius 1 is 1.14 bits per heavy atom. The number of hydrogen-bond donors (Lipinski definition) is 1. The van der Waals surface area contributed by atoms with E-state index in [1.165, 1.54) is 12.1 Å². The molecule has 6 heteroatoms. The van der Waals surface area contributed by atoms with Crippen molar-refractivity contribution in [3.05, 3.63) is 58.1 Å². The van der Waals surface area contributed by atoms with E-state index in [0.29, 0.717) is 17.2 Å². The van der Waals surface area contributed by atoms with Gasteiger partial charge >= 0.3 is 0 Å². The molecule has 0 spiro atoms. The van der Waals surface area contributed by atoms with E-state index in [1.807, 2.05) is 6.92 Å². The maximum absolute atomic E-state index is 10.6. The van der Waals surface area contributed by atoms with Crippen molar-refractivity contribution in [3.8, 4) is 17.2 Å². The molecule has 0 saturated heterocycles. The number of non-ortho nitro benzene ring substituents is 1. The molecule has 2 aromatic carbocycles. The van der Waals surface area contributed by atoms with Crippen molar-refractivity contribution in [1.29, 1.82) is 0 Å². The van der Waals surface area contributed by atoms with Crippen molar-refractivity contribution in [2.45, 2.75) is 13.0 Å². The van der Waals surface area contributed by atoms with Crippen LogP contribution >= 0.6 is 0 Å². The minimum absolute atomic E-state index is 0.0143. The maximum atomic E-state index is 10.6. The van der Waals surface area contributed by atoms with Gasteiger partial charge < -0.3 is 15.2 Å². The average Bonchev–Trinajstić information content (AvgIpc) is 2.47. The first-order valence-electron chi connectivity index (χ1n) is 6.37. The van der Waals surface area contributed by atoms with Crippen LogP contribution in [0.4, 0.5) is 5.69 Å². The van der Waals surface area contributed by atoms with Crippen molar-refractivity contribution in [2.24, 2.45) is 5.73 Å². The van der Waals surface area contributed by atoms with Gasteiger partial charge in [0.25, 0.3) is 5.69 Å². The highest BCUT2D eigenvalue weighted by Gasteiger charge is 2.15. The third kappa shape index (κ3) is 3.29. The number of benzene rings is 2. The first-order valence-corrected chi connectivity index (χ1v) is 6.37. The van der Waals surface area contributed by atoms with E-state index in [-0.39, 0.29) is 11.7 Å². The summed E-state index contributed by atoms with van der Waals surface area (Å²) >= 11 is 0. The van der Waals surface area contributed by atoms with E-state index in [2.05, 4.69) is 0 Å². The van der Waals surface area contributed by atoms with Crippen LogP contribution in [-0.2, 0) is 0 Å². The topological polar surface area (TPSA) is 87.6 Å². The van der Waals surface area contributed by atoms with Crippen molar-refractivity contribution < 1.29 is 14.4 Å². The summed E-state index contributed by atoms with van der Waals surface area (Å²) in [5.41, 5.74) is 6.72. The van der Waals surface area contributed by atoms with Crippen LogP contribution in [0.25, 0.3) is 0 Å². The number of methoxy groups -OCH3 is 1. The van der Waals surface area contributed by atoms with Crippen LogP contribution in [0.3, 0.4) is 0 Å². The maximum Gasteiger partial charge on any atom is 0.269 e. The van der Waals surface area contributed by atoms with Gasteiger partial charge in [0, 0.05) is 18.2 Å². The summed E-state index contributed by atoms with van der Waals surface area (Å²) in [5, 5.41) is 10.6. The summed E-state index contributed by atoms with van der Waals surface area (Å²) in [6, 6.07) is 11.0. The molecule has 2 N–H and O–H groups in total. The lowest BCUT2D eigenvalue weighted by atomic mass is 10.1. The Morgan fingerprint density at radius 3 is 2.29 bits per heavy atom. The van der Waals surface area contributed by atoms with Gasteiger partial charge in [-0.25, -0.2) is 0 Å². The minimum Gasteiger partial charge on any atom is -0.496 e. The number of nitrogens with two attached hydrogens (primary N) is 1. The Bertz CT molecular complexity index is 639. The van der Waals surface area contributed by atoms with E-state index in [0.717, 1.165) is 5.56 Å². The quantitative estimate of drug-likeness (QED) is 0.672. The fourth-order valence-corrected chi connectivity index (χ4v) is 2.00. The second-order valence-electron chi connectivity index (χ2n) is 4.51. The zero-order chi connectivity index (χ0) is 15.4. The Labute approximate surface area is 122 Å².